The first-order valence-corrected chi connectivity index (χ1v) is 5.11. The van der Waals surface area contributed by atoms with Crippen molar-refractivity contribution in [3.8, 4) is 0 Å². The highest BCUT2D eigenvalue weighted by Crippen LogP contribution is 2.26. The molecule has 0 fully saturated rings. The van der Waals surface area contributed by atoms with Crippen LogP contribution in [-0.2, 0) is 15.1 Å². The van der Waals surface area contributed by atoms with Crippen LogP contribution in [0.1, 0.15) is 12.0 Å². The fourth-order valence-corrected chi connectivity index (χ4v) is 1.89. The van der Waals surface area contributed by atoms with E-state index in [1.165, 1.54) is 0 Å². The second-order valence-electron chi connectivity index (χ2n) is 3.87. The molecule has 0 amide bonds. The largest absolute Gasteiger partial charge is 0.480 e. The molecule has 0 aliphatic rings. The van der Waals surface area contributed by atoms with Crippen molar-refractivity contribution in [3.05, 3.63) is 42.2 Å². The lowest BCUT2D eigenvalue weighted by molar-refractivity contribution is -0.144. The summed E-state index contributed by atoms with van der Waals surface area (Å²) in [7, 11) is 0. The molecule has 0 aromatic carbocycles. The molecule has 2 heterocycles. The molecule has 2 aromatic heterocycles. The number of nitrogens with zero attached hydrogens (tertiary/aromatic N) is 1. The summed E-state index contributed by atoms with van der Waals surface area (Å²) < 4.78 is 1.77. The topological polar surface area (TPSA) is 84.8 Å². The van der Waals surface area contributed by atoms with Gasteiger partial charge >= 0.3 is 5.97 Å². The fourth-order valence-electron chi connectivity index (χ4n) is 1.89. The number of nitrogens with two attached hydrogens (primary N) is 1. The molecule has 0 aliphatic carbocycles. The monoisotopic (exact) mass is 232 g/mol. The van der Waals surface area contributed by atoms with E-state index in [0.717, 1.165) is 0 Å². The molecule has 0 bridgehead atoms. The highest BCUT2D eigenvalue weighted by molar-refractivity contribution is 5.86. The first-order valence-electron chi connectivity index (χ1n) is 5.11. The van der Waals surface area contributed by atoms with Crippen LogP contribution in [-0.4, -0.2) is 21.8 Å². The Morgan fingerprint density at radius 3 is 2.65 bits per heavy atom. The molecule has 0 aliphatic heterocycles. The second-order valence-corrected chi connectivity index (χ2v) is 3.87. The normalized spacial score (nSPS) is 14.4. The molecule has 0 radical (unpaired) electrons. The zero-order chi connectivity index (χ0) is 12.5. The van der Waals surface area contributed by atoms with Gasteiger partial charge in [0.15, 0.2) is 0 Å². The van der Waals surface area contributed by atoms with Crippen LogP contribution in [0.25, 0.3) is 5.52 Å². The maximum absolute atomic E-state index is 11.3. The molecule has 1 atom stereocenters. The third-order valence-electron chi connectivity index (χ3n) is 2.83. The van der Waals surface area contributed by atoms with Gasteiger partial charge in [0.05, 0.1) is 5.52 Å². The first-order chi connectivity index (χ1) is 8.09. The molecule has 1 unspecified atom stereocenters. The number of carbonyl (C=O) groups is 2. The minimum atomic E-state index is -1.68. The van der Waals surface area contributed by atoms with Gasteiger partial charge in [0.1, 0.15) is 11.8 Å². The lowest BCUT2D eigenvalue weighted by atomic mass is 9.88. The predicted octanol–water partition coefficient (Wildman–Crippen LogP) is 0.767. The quantitative estimate of drug-likeness (QED) is 0.762. The number of aldehydes is 1. The Balaban J connectivity index is 2.68. The number of rotatable bonds is 4. The van der Waals surface area contributed by atoms with Gasteiger partial charge in [-0.1, -0.05) is 6.07 Å². The Morgan fingerprint density at radius 2 is 2.06 bits per heavy atom. The third kappa shape index (κ3) is 1.70. The number of aliphatic carboxylic acids is 1. The molecule has 0 saturated heterocycles. The van der Waals surface area contributed by atoms with Crippen LogP contribution < -0.4 is 5.73 Å². The number of aromatic nitrogens is 1. The number of carboxylic acid groups (broad SMARTS) is 1. The van der Waals surface area contributed by atoms with Crippen LogP contribution in [0, 0.1) is 0 Å². The van der Waals surface area contributed by atoms with Gasteiger partial charge < -0.3 is 20.0 Å². The van der Waals surface area contributed by atoms with Crippen molar-refractivity contribution in [2.24, 2.45) is 5.73 Å². The fraction of sp³-hybridized carbons (Fsp3) is 0.167. The maximum Gasteiger partial charge on any atom is 0.328 e. The Morgan fingerprint density at radius 1 is 1.41 bits per heavy atom. The van der Waals surface area contributed by atoms with E-state index in [1.54, 1.807) is 41.1 Å². The zero-order valence-corrected chi connectivity index (χ0v) is 9.04. The van der Waals surface area contributed by atoms with Gasteiger partial charge in [-0.15, -0.1) is 0 Å². The van der Waals surface area contributed by atoms with Crippen LogP contribution >= 0.6 is 0 Å². The molecular formula is C12H12N2O3. The van der Waals surface area contributed by atoms with E-state index in [-0.39, 0.29) is 6.42 Å². The van der Waals surface area contributed by atoms with E-state index in [2.05, 4.69) is 0 Å². The Hall–Kier alpha value is -2.14. The molecule has 2 rings (SSSR count). The summed E-state index contributed by atoms with van der Waals surface area (Å²) in [6.45, 7) is 0. The van der Waals surface area contributed by atoms with E-state index in [0.29, 0.717) is 17.4 Å². The van der Waals surface area contributed by atoms with Crippen molar-refractivity contribution in [1.29, 1.82) is 0 Å². The van der Waals surface area contributed by atoms with Crippen molar-refractivity contribution in [2.75, 3.05) is 0 Å². The van der Waals surface area contributed by atoms with E-state index >= 15 is 0 Å². The Kier molecular flexibility index (Phi) is 2.69. The third-order valence-corrected chi connectivity index (χ3v) is 2.83. The summed E-state index contributed by atoms with van der Waals surface area (Å²) >= 11 is 0. The van der Waals surface area contributed by atoms with Crippen molar-refractivity contribution in [2.45, 2.75) is 12.0 Å². The van der Waals surface area contributed by atoms with E-state index in [4.69, 9.17) is 5.73 Å². The average Bonchev–Trinajstić information content (AvgIpc) is 2.76. The summed E-state index contributed by atoms with van der Waals surface area (Å²) in [6.07, 6.45) is 3.86. The molecule has 5 heteroatoms. The molecule has 3 N–H and O–H groups in total. The molecule has 0 saturated carbocycles. The highest BCUT2D eigenvalue weighted by Gasteiger charge is 2.37. The van der Waals surface area contributed by atoms with Crippen LogP contribution in [0.3, 0.4) is 0 Å². The van der Waals surface area contributed by atoms with Gasteiger partial charge in [-0.3, -0.25) is 0 Å². The number of carbonyl (C=O) groups excluding carboxylic acids is 1. The lowest BCUT2D eigenvalue weighted by Gasteiger charge is -2.23. The van der Waals surface area contributed by atoms with Crippen molar-refractivity contribution in [1.82, 2.24) is 4.40 Å². The lowest BCUT2D eigenvalue weighted by Crippen LogP contribution is -2.45. The van der Waals surface area contributed by atoms with E-state index in [1.807, 2.05) is 0 Å². The maximum atomic E-state index is 11.3. The van der Waals surface area contributed by atoms with Crippen molar-refractivity contribution >= 4 is 17.8 Å². The predicted molar refractivity (Wildman–Crippen MR) is 61.6 cm³/mol. The minimum absolute atomic E-state index is 0.257. The Bertz CT molecular complexity index is 576. The summed E-state index contributed by atoms with van der Waals surface area (Å²) in [5, 5.41) is 9.22. The molecule has 5 nitrogen and oxygen atoms in total. The molecule has 17 heavy (non-hydrogen) atoms. The molecule has 2 aromatic rings. The summed E-state index contributed by atoms with van der Waals surface area (Å²) in [4.78, 5) is 21.9. The van der Waals surface area contributed by atoms with Crippen molar-refractivity contribution < 1.29 is 14.7 Å². The summed E-state index contributed by atoms with van der Waals surface area (Å²) in [5.74, 6) is -1.21. The van der Waals surface area contributed by atoms with Crippen LogP contribution in [0.4, 0.5) is 0 Å². The number of carboxylic acids is 1. The molecule has 88 valence electrons. The average molecular weight is 232 g/mol. The zero-order valence-electron chi connectivity index (χ0n) is 9.04. The van der Waals surface area contributed by atoms with Gasteiger partial charge in [0.2, 0.25) is 0 Å². The summed E-state index contributed by atoms with van der Waals surface area (Å²) in [5.41, 5.74) is 5.30. The van der Waals surface area contributed by atoms with Gasteiger partial charge in [-0.05, 0) is 18.2 Å². The number of hydrogen-bond acceptors (Lipinski definition) is 3. The van der Waals surface area contributed by atoms with Crippen LogP contribution in [0.5, 0.6) is 0 Å². The number of pyridine rings is 1. The SMILES string of the molecule is NC(CC=O)(C(=O)O)c1cccn2cccc12. The number of fused-ring (bicyclic) bond motifs is 1. The molecule has 0 spiro atoms. The Labute approximate surface area is 97.5 Å². The van der Waals surface area contributed by atoms with Gasteiger partial charge in [-0.2, -0.15) is 0 Å². The van der Waals surface area contributed by atoms with Gasteiger partial charge in [0, 0.05) is 24.4 Å². The van der Waals surface area contributed by atoms with Crippen LogP contribution in [0.2, 0.25) is 0 Å². The first kappa shape index (κ1) is 11.3. The minimum Gasteiger partial charge on any atom is -0.480 e. The van der Waals surface area contributed by atoms with Gasteiger partial charge in [0.25, 0.3) is 0 Å². The highest BCUT2D eigenvalue weighted by atomic mass is 16.4. The van der Waals surface area contributed by atoms with Crippen molar-refractivity contribution in [3.63, 3.8) is 0 Å². The number of hydrogen-bond donors (Lipinski definition) is 2. The molecular weight excluding hydrogens is 220 g/mol. The second kappa shape index (κ2) is 4.03. The summed E-state index contributed by atoms with van der Waals surface area (Å²) in [6, 6.07) is 6.90. The standard InChI is InChI=1S/C12H12N2O3/c13-12(5-8-15,11(16)17)9-3-1-6-14-7-2-4-10(9)14/h1-4,6-8H,5,13H2,(H,16,17). The van der Waals surface area contributed by atoms with Gasteiger partial charge in [-0.25, -0.2) is 4.79 Å². The smallest absolute Gasteiger partial charge is 0.328 e. The van der Waals surface area contributed by atoms with E-state index in [9.17, 15) is 14.7 Å². The van der Waals surface area contributed by atoms with E-state index < -0.39 is 11.5 Å². The van der Waals surface area contributed by atoms with Crippen LogP contribution in [0.15, 0.2) is 36.7 Å².